The molecule has 1 fully saturated rings. The fourth-order valence-electron chi connectivity index (χ4n) is 2.46. The summed E-state index contributed by atoms with van der Waals surface area (Å²) in [7, 11) is 0. The van der Waals surface area contributed by atoms with Gasteiger partial charge in [0.25, 0.3) is 5.91 Å². The van der Waals surface area contributed by atoms with Gasteiger partial charge in [-0.15, -0.1) is 0 Å². The van der Waals surface area contributed by atoms with Gasteiger partial charge in [-0.3, -0.25) is 9.89 Å². The van der Waals surface area contributed by atoms with Crippen molar-refractivity contribution in [3.8, 4) is 0 Å². The molecule has 1 aromatic carbocycles. The van der Waals surface area contributed by atoms with Crippen LogP contribution in [0, 0.1) is 5.82 Å². The number of amides is 1. The van der Waals surface area contributed by atoms with Crippen molar-refractivity contribution in [2.45, 2.75) is 0 Å². The number of hydrogen-bond acceptors (Lipinski definition) is 4. The summed E-state index contributed by atoms with van der Waals surface area (Å²) in [5, 5.41) is 6.33. The summed E-state index contributed by atoms with van der Waals surface area (Å²) in [5.74, 6) is -0.0658. The first-order valence-corrected chi connectivity index (χ1v) is 6.74. The van der Waals surface area contributed by atoms with Crippen molar-refractivity contribution >= 4 is 17.4 Å². The van der Waals surface area contributed by atoms with Crippen molar-refractivity contribution in [2.75, 3.05) is 36.8 Å². The Kier molecular flexibility index (Phi) is 3.47. The number of nitrogen functional groups attached to an aromatic ring is 1. The highest BCUT2D eigenvalue weighted by atomic mass is 19.1. The Morgan fingerprint density at radius 1 is 1.19 bits per heavy atom. The molecule has 3 N–H and O–H groups in total. The molecule has 0 spiro atoms. The molecule has 1 saturated heterocycles. The maximum atomic E-state index is 12.9. The van der Waals surface area contributed by atoms with Crippen LogP contribution in [0.1, 0.15) is 10.4 Å². The van der Waals surface area contributed by atoms with Crippen molar-refractivity contribution in [1.29, 1.82) is 0 Å². The number of rotatable bonds is 2. The molecular weight excluding hydrogens is 273 g/mol. The second-order valence-electron chi connectivity index (χ2n) is 4.95. The first kappa shape index (κ1) is 13.4. The van der Waals surface area contributed by atoms with Crippen molar-refractivity contribution < 1.29 is 9.18 Å². The number of nitrogens with zero attached hydrogens (tertiary/aromatic N) is 3. The Morgan fingerprint density at radius 2 is 1.86 bits per heavy atom. The summed E-state index contributed by atoms with van der Waals surface area (Å²) in [6.45, 7) is 2.60. The van der Waals surface area contributed by atoms with E-state index in [1.807, 2.05) is 0 Å². The zero-order valence-electron chi connectivity index (χ0n) is 11.4. The lowest BCUT2D eigenvalue weighted by molar-refractivity contribution is 0.0748. The summed E-state index contributed by atoms with van der Waals surface area (Å²) in [5.41, 5.74) is 7.04. The Bertz CT molecular complexity index is 631. The monoisotopic (exact) mass is 289 g/mol. The number of aromatic amines is 1. The maximum absolute atomic E-state index is 12.9. The molecule has 1 aliphatic rings. The zero-order valence-corrected chi connectivity index (χ0v) is 11.4. The van der Waals surface area contributed by atoms with Crippen molar-refractivity contribution in [2.24, 2.45) is 0 Å². The molecule has 1 aromatic heterocycles. The number of anilines is 2. The molecule has 0 atom stereocenters. The van der Waals surface area contributed by atoms with Crippen LogP contribution in [-0.4, -0.2) is 47.2 Å². The van der Waals surface area contributed by atoms with Gasteiger partial charge in [-0.25, -0.2) is 4.39 Å². The highest BCUT2D eigenvalue weighted by Gasteiger charge is 2.24. The molecule has 0 bridgehead atoms. The molecule has 0 radical (unpaired) electrons. The van der Waals surface area contributed by atoms with Gasteiger partial charge in [0, 0.05) is 31.9 Å². The molecule has 2 heterocycles. The van der Waals surface area contributed by atoms with Gasteiger partial charge in [0.1, 0.15) is 17.2 Å². The number of nitrogens with one attached hydrogen (secondary N) is 1. The molecule has 3 rings (SSSR count). The van der Waals surface area contributed by atoms with E-state index in [1.54, 1.807) is 17.0 Å². The van der Waals surface area contributed by atoms with Gasteiger partial charge < -0.3 is 15.5 Å². The molecule has 1 aliphatic heterocycles. The number of carbonyl (C=O) groups excluding carboxylic acids is 1. The largest absolute Gasteiger partial charge is 0.383 e. The number of carbonyl (C=O) groups is 1. The number of nitrogens with two attached hydrogens (primary N) is 1. The average molecular weight is 289 g/mol. The van der Waals surface area contributed by atoms with Gasteiger partial charge in [-0.1, -0.05) is 0 Å². The van der Waals surface area contributed by atoms with E-state index < -0.39 is 0 Å². The average Bonchev–Trinajstić information content (AvgIpc) is 2.94. The molecule has 2 aromatic rings. The molecule has 0 unspecified atom stereocenters. The first-order chi connectivity index (χ1) is 10.1. The smallest absolute Gasteiger partial charge is 0.259 e. The fraction of sp³-hybridized carbons (Fsp3) is 0.286. The van der Waals surface area contributed by atoms with Crippen LogP contribution in [-0.2, 0) is 0 Å². The Labute approximate surface area is 121 Å². The summed E-state index contributed by atoms with van der Waals surface area (Å²) in [6, 6.07) is 6.39. The maximum Gasteiger partial charge on any atom is 0.259 e. The number of halogens is 1. The van der Waals surface area contributed by atoms with Crippen molar-refractivity contribution in [1.82, 2.24) is 15.1 Å². The lowest BCUT2D eigenvalue weighted by Crippen LogP contribution is -2.48. The van der Waals surface area contributed by atoms with Crippen LogP contribution in [0.15, 0.2) is 30.5 Å². The summed E-state index contributed by atoms with van der Waals surface area (Å²) in [4.78, 5) is 16.2. The number of piperazine rings is 1. The molecule has 6 nitrogen and oxygen atoms in total. The van der Waals surface area contributed by atoms with Crippen LogP contribution in [0.2, 0.25) is 0 Å². The number of aromatic nitrogens is 2. The molecule has 7 heteroatoms. The van der Waals surface area contributed by atoms with E-state index in [2.05, 4.69) is 15.1 Å². The van der Waals surface area contributed by atoms with Gasteiger partial charge in [0.05, 0.1) is 6.20 Å². The van der Waals surface area contributed by atoms with E-state index in [4.69, 9.17) is 5.73 Å². The van der Waals surface area contributed by atoms with Gasteiger partial charge in [0.2, 0.25) is 0 Å². The number of H-pyrrole nitrogens is 1. The molecule has 1 amide bonds. The second-order valence-corrected chi connectivity index (χ2v) is 4.95. The van der Waals surface area contributed by atoms with E-state index in [-0.39, 0.29) is 11.7 Å². The first-order valence-electron chi connectivity index (χ1n) is 6.74. The van der Waals surface area contributed by atoms with E-state index in [9.17, 15) is 9.18 Å². The topological polar surface area (TPSA) is 78.2 Å². The van der Waals surface area contributed by atoms with E-state index in [1.165, 1.54) is 18.3 Å². The third-order valence-electron chi connectivity index (χ3n) is 3.66. The lowest BCUT2D eigenvalue weighted by atomic mass is 10.2. The molecular formula is C14H16FN5O. The Balaban J connectivity index is 1.64. The standard InChI is InChI=1S/C14H16FN5O/c15-10-1-3-11(4-2-10)19-5-7-20(8-6-19)14(21)12-9-17-18-13(12)16/h1-4,9H,5-8H2,(H3,16,17,18). The van der Waals surface area contributed by atoms with Crippen LogP contribution in [0.3, 0.4) is 0 Å². The molecule has 21 heavy (non-hydrogen) atoms. The van der Waals surface area contributed by atoms with Gasteiger partial charge in [0.15, 0.2) is 0 Å². The third-order valence-corrected chi connectivity index (χ3v) is 3.66. The highest BCUT2D eigenvalue weighted by molar-refractivity contribution is 5.98. The van der Waals surface area contributed by atoms with Crippen molar-refractivity contribution in [3.05, 3.63) is 41.8 Å². The third kappa shape index (κ3) is 2.67. The quantitative estimate of drug-likeness (QED) is 0.867. The Hall–Kier alpha value is -2.57. The minimum Gasteiger partial charge on any atom is -0.383 e. The van der Waals surface area contributed by atoms with E-state index >= 15 is 0 Å². The molecule has 110 valence electrons. The Morgan fingerprint density at radius 3 is 2.43 bits per heavy atom. The van der Waals surface area contributed by atoms with Crippen LogP contribution in [0.25, 0.3) is 0 Å². The summed E-state index contributed by atoms with van der Waals surface area (Å²) in [6.07, 6.45) is 1.45. The zero-order chi connectivity index (χ0) is 14.8. The normalized spacial score (nSPS) is 15.3. The predicted octanol–water partition coefficient (Wildman–Crippen LogP) is 1.09. The lowest BCUT2D eigenvalue weighted by Gasteiger charge is -2.36. The van der Waals surface area contributed by atoms with Gasteiger partial charge in [-0.05, 0) is 24.3 Å². The second kappa shape index (κ2) is 5.43. The van der Waals surface area contributed by atoms with E-state index in [0.29, 0.717) is 37.6 Å². The van der Waals surface area contributed by atoms with Crippen LogP contribution in [0.4, 0.5) is 15.9 Å². The van der Waals surface area contributed by atoms with Crippen LogP contribution >= 0.6 is 0 Å². The van der Waals surface area contributed by atoms with Crippen molar-refractivity contribution in [3.63, 3.8) is 0 Å². The number of benzene rings is 1. The molecule has 0 saturated carbocycles. The van der Waals surface area contributed by atoms with Crippen LogP contribution < -0.4 is 10.6 Å². The van der Waals surface area contributed by atoms with Crippen LogP contribution in [0.5, 0.6) is 0 Å². The minimum atomic E-state index is -0.247. The highest BCUT2D eigenvalue weighted by Crippen LogP contribution is 2.18. The SMILES string of the molecule is Nc1[nH]ncc1C(=O)N1CCN(c2ccc(F)cc2)CC1. The summed E-state index contributed by atoms with van der Waals surface area (Å²) < 4.78 is 12.9. The minimum absolute atomic E-state index is 0.111. The van der Waals surface area contributed by atoms with Gasteiger partial charge in [-0.2, -0.15) is 5.10 Å². The number of hydrogen-bond donors (Lipinski definition) is 2. The summed E-state index contributed by atoms with van der Waals surface area (Å²) >= 11 is 0. The van der Waals surface area contributed by atoms with E-state index in [0.717, 1.165) is 5.69 Å². The molecule has 0 aliphatic carbocycles. The fourth-order valence-corrected chi connectivity index (χ4v) is 2.46. The van der Waals surface area contributed by atoms with Gasteiger partial charge >= 0.3 is 0 Å². The predicted molar refractivity (Wildman–Crippen MR) is 77.5 cm³/mol.